The van der Waals surface area contributed by atoms with Gasteiger partial charge in [0, 0.05) is 41.9 Å². The molecule has 0 aliphatic rings. The van der Waals surface area contributed by atoms with Crippen molar-refractivity contribution in [3.8, 4) is 22.6 Å². The number of carbonyl (C=O) groups excluding carboxylic acids is 1. The third kappa shape index (κ3) is 6.89. The summed E-state index contributed by atoms with van der Waals surface area (Å²) in [7, 11) is -3.64. The number of benzene rings is 1. The number of aromatic nitrogens is 4. The molecule has 0 aliphatic carbocycles. The topological polar surface area (TPSA) is 130 Å². The summed E-state index contributed by atoms with van der Waals surface area (Å²) in [5.41, 5.74) is 9.55. The van der Waals surface area contributed by atoms with E-state index in [-0.39, 0.29) is 18.8 Å². The number of rotatable bonds is 9. The van der Waals surface area contributed by atoms with Crippen LogP contribution < -0.4 is 5.73 Å². The van der Waals surface area contributed by atoms with Crippen molar-refractivity contribution in [2.75, 3.05) is 12.0 Å². The first kappa shape index (κ1) is 26.2. The molecule has 0 unspecified atom stereocenters. The molecular weight excluding hydrogens is 511 g/mol. The highest BCUT2D eigenvalue weighted by molar-refractivity contribution is 7.85. The average Bonchev–Trinajstić information content (AvgIpc) is 3.24. The lowest BCUT2D eigenvalue weighted by Gasteiger charge is -2.08. The molecule has 3 heterocycles. The summed E-state index contributed by atoms with van der Waals surface area (Å²) in [6, 6.07) is 10.5. The molecule has 4 aromatic rings. The Balaban J connectivity index is 1.54. The lowest BCUT2D eigenvalue weighted by atomic mass is 10.0. The van der Waals surface area contributed by atoms with Crippen molar-refractivity contribution < 1.29 is 30.6 Å². The predicted octanol–water partition coefficient (Wildman–Crippen LogP) is 3.97. The van der Waals surface area contributed by atoms with Gasteiger partial charge in [-0.3, -0.25) is 13.4 Å². The van der Waals surface area contributed by atoms with Crippen LogP contribution in [0, 0.1) is 0 Å². The number of nitrogens with two attached hydrogens (primary N) is 1. The Morgan fingerprint density at radius 3 is 2.59 bits per heavy atom. The minimum atomic E-state index is -4.36. The number of ketones is 1. The van der Waals surface area contributed by atoms with Crippen LogP contribution >= 0.6 is 0 Å². The van der Waals surface area contributed by atoms with Crippen LogP contribution in [0.3, 0.4) is 0 Å². The van der Waals surface area contributed by atoms with E-state index in [4.69, 9.17) is 9.92 Å². The molecule has 0 amide bonds. The van der Waals surface area contributed by atoms with Gasteiger partial charge in [0.05, 0.1) is 31.2 Å². The van der Waals surface area contributed by atoms with E-state index in [0.717, 1.165) is 17.5 Å². The van der Waals surface area contributed by atoms with Gasteiger partial charge < -0.3 is 5.73 Å². The number of hydrogen-bond acceptors (Lipinski definition) is 8. The zero-order chi connectivity index (χ0) is 26.8. The number of alkyl halides is 3. The van der Waals surface area contributed by atoms with Gasteiger partial charge in [0.25, 0.3) is 10.1 Å². The Morgan fingerprint density at radius 1 is 1.11 bits per heavy atom. The molecule has 0 saturated carbocycles. The predicted molar refractivity (Wildman–Crippen MR) is 130 cm³/mol. The normalized spacial score (nSPS) is 12.2. The lowest BCUT2D eigenvalue weighted by molar-refractivity contribution is -0.143. The van der Waals surface area contributed by atoms with E-state index in [9.17, 15) is 26.4 Å². The van der Waals surface area contributed by atoms with Crippen LogP contribution in [0.2, 0.25) is 0 Å². The van der Waals surface area contributed by atoms with Crippen molar-refractivity contribution >= 4 is 27.4 Å². The quantitative estimate of drug-likeness (QED) is 0.320. The van der Waals surface area contributed by atoms with Crippen LogP contribution in [0.1, 0.15) is 24.0 Å². The SMILES string of the molecule is CS(=O)(=O)OCc1cnc(-c2ccn3c(-c4cccc(CC(=O)CCC(F)(F)F)c4)cnc3c2)nc1N. The molecule has 194 valence electrons. The Morgan fingerprint density at radius 2 is 1.89 bits per heavy atom. The summed E-state index contributed by atoms with van der Waals surface area (Å²) in [4.78, 5) is 24.9. The monoisotopic (exact) mass is 533 g/mol. The number of halogens is 3. The fourth-order valence-corrected chi connectivity index (χ4v) is 3.95. The molecule has 37 heavy (non-hydrogen) atoms. The molecule has 0 radical (unpaired) electrons. The molecule has 9 nitrogen and oxygen atoms in total. The van der Waals surface area contributed by atoms with Gasteiger partial charge >= 0.3 is 6.18 Å². The molecule has 0 aliphatic heterocycles. The number of hydrogen-bond donors (Lipinski definition) is 1. The maximum atomic E-state index is 12.4. The van der Waals surface area contributed by atoms with E-state index in [2.05, 4.69) is 15.0 Å². The summed E-state index contributed by atoms with van der Waals surface area (Å²) in [5, 5.41) is 0. The van der Waals surface area contributed by atoms with Crippen LogP contribution in [0.4, 0.5) is 19.0 Å². The summed E-state index contributed by atoms with van der Waals surface area (Å²) < 4.78 is 66.1. The van der Waals surface area contributed by atoms with Gasteiger partial charge in [0.1, 0.15) is 17.2 Å². The van der Waals surface area contributed by atoms with E-state index in [1.165, 1.54) is 6.20 Å². The maximum Gasteiger partial charge on any atom is 0.389 e. The third-order valence-electron chi connectivity index (χ3n) is 5.41. The van der Waals surface area contributed by atoms with Crippen LogP contribution in [0.25, 0.3) is 28.3 Å². The fourth-order valence-electron chi connectivity index (χ4n) is 3.61. The Hall–Kier alpha value is -3.84. The lowest BCUT2D eigenvalue weighted by Crippen LogP contribution is -2.12. The van der Waals surface area contributed by atoms with Gasteiger partial charge in [-0.1, -0.05) is 18.2 Å². The number of fused-ring (bicyclic) bond motifs is 1. The van der Waals surface area contributed by atoms with Gasteiger partial charge in [0.15, 0.2) is 5.82 Å². The number of nitrogens with zero attached hydrogens (tertiary/aromatic N) is 4. The van der Waals surface area contributed by atoms with E-state index in [1.54, 1.807) is 42.7 Å². The van der Waals surface area contributed by atoms with Crippen molar-refractivity contribution in [1.82, 2.24) is 19.4 Å². The first-order valence-corrected chi connectivity index (χ1v) is 12.8. The van der Waals surface area contributed by atoms with Gasteiger partial charge in [-0.05, 0) is 23.8 Å². The highest BCUT2D eigenvalue weighted by Crippen LogP contribution is 2.26. The van der Waals surface area contributed by atoms with Crippen LogP contribution in [-0.4, -0.2) is 46.0 Å². The smallest absolute Gasteiger partial charge is 0.383 e. The van der Waals surface area contributed by atoms with Crippen molar-refractivity contribution in [2.45, 2.75) is 32.0 Å². The summed E-state index contributed by atoms with van der Waals surface area (Å²) in [6.07, 6.45) is -0.406. The van der Waals surface area contributed by atoms with Crippen LogP contribution in [0.5, 0.6) is 0 Å². The molecule has 0 spiro atoms. The molecule has 0 bridgehead atoms. The standard InChI is InChI=1S/C24H22F3N5O4S/c1-37(34,35)36-14-18-12-30-23(31-22(18)28)17-6-8-32-20(13-29-21(32)11-17)16-4-2-3-15(9-16)10-19(33)5-7-24(25,26)27/h2-4,6,8-9,11-13H,5,7,10,14H2,1H3,(H2,28,30,31). The Labute approximate surface area is 210 Å². The first-order chi connectivity index (χ1) is 17.4. The number of nitrogen functional groups attached to an aromatic ring is 1. The van der Waals surface area contributed by atoms with E-state index in [1.807, 2.05) is 10.5 Å². The number of Topliss-reactive ketones (excluding diaryl/α,β-unsaturated/α-hetero) is 1. The average molecular weight is 534 g/mol. The summed E-state index contributed by atoms with van der Waals surface area (Å²) in [6.45, 7) is -0.277. The number of anilines is 1. The van der Waals surface area contributed by atoms with Gasteiger partial charge in [-0.2, -0.15) is 21.6 Å². The molecular formula is C24H22F3N5O4S. The van der Waals surface area contributed by atoms with Crippen LogP contribution in [-0.2, 0) is 32.1 Å². The molecule has 0 fully saturated rings. The molecule has 13 heteroatoms. The second-order valence-electron chi connectivity index (χ2n) is 8.39. The highest BCUT2D eigenvalue weighted by Gasteiger charge is 2.27. The number of pyridine rings is 1. The zero-order valence-corrected chi connectivity index (χ0v) is 20.4. The molecule has 0 atom stereocenters. The second-order valence-corrected chi connectivity index (χ2v) is 10.0. The van der Waals surface area contributed by atoms with Crippen LogP contribution in [0.15, 0.2) is 55.0 Å². The number of carbonyl (C=O) groups is 1. The third-order valence-corrected chi connectivity index (χ3v) is 5.96. The Kier molecular flexibility index (Phi) is 7.28. The molecule has 0 saturated heterocycles. The van der Waals surface area contributed by atoms with Gasteiger partial charge in [-0.15, -0.1) is 0 Å². The summed E-state index contributed by atoms with van der Waals surface area (Å²) in [5.74, 6) is -0.0865. The maximum absolute atomic E-state index is 12.4. The fraction of sp³-hybridized carbons (Fsp3) is 0.250. The molecule has 4 rings (SSSR count). The summed E-state index contributed by atoms with van der Waals surface area (Å²) >= 11 is 0. The molecule has 2 N–H and O–H groups in total. The minimum absolute atomic E-state index is 0.0825. The van der Waals surface area contributed by atoms with Crippen molar-refractivity contribution in [1.29, 1.82) is 0 Å². The largest absolute Gasteiger partial charge is 0.389 e. The molecule has 3 aromatic heterocycles. The van der Waals surface area contributed by atoms with E-state index in [0.29, 0.717) is 28.2 Å². The zero-order valence-electron chi connectivity index (χ0n) is 19.6. The van der Waals surface area contributed by atoms with Crippen molar-refractivity contribution in [3.05, 3.63) is 66.1 Å². The van der Waals surface area contributed by atoms with Crippen molar-refractivity contribution in [2.24, 2.45) is 0 Å². The number of imidazole rings is 1. The second kappa shape index (κ2) is 10.3. The van der Waals surface area contributed by atoms with E-state index < -0.39 is 34.9 Å². The van der Waals surface area contributed by atoms with Gasteiger partial charge in [0.2, 0.25) is 0 Å². The van der Waals surface area contributed by atoms with E-state index >= 15 is 0 Å². The Bertz CT molecular complexity index is 1570. The van der Waals surface area contributed by atoms with Crippen molar-refractivity contribution in [3.63, 3.8) is 0 Å². The highest BCUT2D eigenvalue weighted by atomic mass is 32.2. The first-order valence-electron chi connectivity index (χ1n) is 11.0. The molecule has 1 aromatic carbocycles. The minimum Gasteiger partial charge on any atom is -0.383 e. The van der Waals surface area contributed by atoms with Gasteiger partial charge in [-0.25, -0.2) is 15.0 Å².